The summed E-state index contributed by atoms with van der Waals surface area (Å²) >= 11 is 0. The van der Waals surface area contributed by atoms with Crippen molar-refractivity contribution in [3.63, 3.8) is 0 Å². The molecule has 6 heteroatoms. The van der Waals surface area contributed by atoms with Crippen LogP contribution in [0.2, 0.25) is 0 Å². The Labute approximate surface area is 172 Å². The SMILES string of the molecule is Cn1c(CC(NCC(O)CN2CCOCC2)c2ccccc2)nc2ccccc21. The lowest BCUT2D eigenvalue weighted by molar-refractivity contribution is 0.0144. The van der Waals surface area contributed by atoms with Crippen molar-refractivity contribution in [2.75, 3.05) is 39.4 Å². The zero-order valence-corrected chi connectivity index (χ0v) is 17.0. The van der Waals surface area contributed by atoms with E-state index in [1.807, 2.05) is 18.2 Å². The Morgan fingerprint density at radius 1 is 1.07 bits per heavy atom. The van der Waals surface area contributed by atoms with Crippen molar-refractivity contribution in [2.24, 2.45) is 7.05 Å². The van der Waals surface area contributed by atoms with Gasteiger partial charge < -0.3 is 19.7 Å². The van der Waals surface area contributed by atoms with Crippen LogP contribution in [0, 0.1) is 0 Å². The average Bonchev–Trinajstić information content (AvgIpc) is 3.08. The van der Waals surface area contributed by atoms with Gasteiger partial charge in [-0.05, 0) is 17.7 Å². The van der Waals surface area contributed by atoms with Crippen molar-refractivity contribution < 1.29 is 9.84 Å². The maximum atomic E-state index is 10.6. The minimum absolute atomic E-state index is 0.0889. The smallest absolute Gasteiger partial charge is 0.111 e. The molecule has 0 spiro atoms. The van der Waals surface area contributed by atoms with Gasteiger partial charge in [0.05, 0.1) is 30.4 Å². The Morgan fingerprint density at radius 3 is 2.55 bits per heavy atom. The first-order valence-electron chi connectivity index (χ1n) is 10.4. The molecule has 0 aliphatic carbocycles. The highest BCUT2D eigenvalue weighted by molar-refractivity contribution is 5.75. The monoisotopic (exact) mass is 394 g/mol. The van der Waals surface area contributed by atoms with Crippen LogP contribution in [-0.2, 0) is 18.2 Å². The van der Waals surface area contributed by atoms with Crippen LogP contribution >= 0.6 is 0 Å². The van der Waals surface area contributed by atoms with E-state index in [4.69, 9.17) is 9.72 Å². The fourth-order valence-corrected chi connectivity index (χ4v) is 3.98. The van der Waals surface area contributed by atoms with E-state index in [0.29, 0.717) is 13.1 Å². The van der Waals surface area contributed by atoms with Gasteiger partial charge in [-0.2, -0.15) is 0 Å². The summed E-state index contributed by atoms with van der Waals surface area (Å²) < 4.78 is 7.56. The molecule has 0 amide bonds. The third kappa shape index (κ3) is 5.03. The minimum Gasteiger partial charge on any atom is -0.390 e. The first-order chi connectivity index (χ1) is 14.2. The van der Waals surface area contributed by atoms with Crippen molar-refractivity contribution in [1.29, 1.82) is 0 Å². The van der Waals surface area contributed by atoms with E-state index in [9.17, 15) is 5.11 Å². The van der Waals surface area contributed by atoms with Gasteiger partial charge >= 0.3 is 0 Å². The second-order valence-corrected chi connectivity index (χ2v) is 7.72. The van der Waals surface area contributed by atoms with Gasteiger partial charge in [0, 0.05) is 45.7 Å². The fraction of sp³-hybridized carbons (Fsp3) is 0.435. The number of benzene rings is 2. The summed E-state index contributed by atoms with van der Waals surface area (Å²) in [7, 11) is 2.07. The highest BCUT2D eigenvalue weighted by Crippen LogP contribution is 2.21. The molecule has 0 bridgehead atoms. The number of para-hydroxylation sites is 2. The lowest BCUT2D eigenvalue weighted by atomic mass is 10.0. The van der Waals surface area contributed by atoms with Gasteiger partial charge in [-0.25, -0.2) is 4.98 Å². The van der Waals surface area contributed by atoms with Crippen molar-refractivity contribution in [3.8, 4) is 0 Å². The van der Waals surface area contributed by atoms with E-state index >= 15 is 0 Å². The normalized spacial score (nSPS) is 17.4. The van der Waals surface area contributed by atoms with Gasteiger partial charge in [0.1, 0.15) is 5.82 Å². The molecule has 1 fully saturated rings. The molecule has 4 rings (SSSR count). The number of fused-ring (bicyclic) bond motifs is 1. The number of ether oxygens (including phenoxy) is 1. The summed E-state index contributed by atoms with van der Waals surface area (Å²) in [4.78, 5) is 7.10. The van der Waals surface area contributed by atoms with Crippen LogP contribution in [0.25, 0.3) is 11.0 Å². The minimum atomic E-state index is -0.417. The molecule has 2 aromatic carbocycles. The second kappa shape index (κ2) is 9.50. The van der Waals surface area contributed by atoms with Gasteiger partial charge in [0.2, 0.25) is 0 Å². The van der Waals surface area contributed by atoms with Crippen LogP contribution in [0.4, 0.5) is 0 Å². The van der Waals surface area contributed by atoms with Gasteiger partial charge in [0.15, 0.2) is 0 Å². The lowest BCUT2D eigenvalue weighted by Gasteiger charge is -2.29. The summed E-state index contributed by atoms with van der Waals surface area (Å²) in [5.41, 5.74) is 3.36. The van der Waals surface area contributed by atoms with E-state index in [1.165, 1.54) is 5.56 Å². The highest BCUT2D eigenvalue weighted by Gasteiger charge is 2.19. The number of morpholine rings is 1. The summed E-state index contributed by atoms with van der Waals surface area (Å²) in [5.74, 6) is 1.04. The quantitative estimate of drug-likeness (QED) is 0.613. The van der Waals surface area contributed by atoms with Crippen LogP contribution in [0.3, 0.4) is 0 Å². The maximum Gasteiger partial charge on any atom is 0.111 e. The molecule has 2 atom stereocenters. The van der Waals surface area contributed by atoms with Crippen LogP contribution in [-0.4, -0.2) is 65.1 Å². The number of imidazole rings is 1. The topological polar surface area (TPSA) is 62.5 Å². The number of aryl methyl sites for hydroxylation is 1. The molecular formula is C23H30N4O2. The molecule has 3 aromatic rings. The standard InChI is InChI=1S/C23H30N4O2/c1-26-22-10-6-5-9-20(22)25-23(26)15-21(18-7-3-2-4-8-18)24-16-19(28)17-27-11-13-29-14-12-27/h2-10,19,21,24,28H,11-17H2,1H3. The van der Waals surface area contributed by atoms with Gasteiger partial charge in [-0.1, -0.05) is 42.5 Å². The molecule has 1 aliphatic heterocycles. The number of aliphatic hydroxyl groups is 1. The largest absolute Gasteiger partial charge is 0.390 e. The van der Waals surface area contributed by atoms with Gasteiger partial charge in [0.25, 0.3) is 0 Å². The first-order valence-corrected chi connectivity index (χ1v) is 10.4. The first kappa shape index (κ1) is 20.0. The predicted molar refractivity (Wildman–Crippen MR) is 115 cm³/mol. The highest BCUT2D eigenvalue weighted by atomic mass is 16.5. The number of hydrogen-bond acceptors (Lipinski definition) is 5. The zero-order valence-electron chi connectivity index (χ0n) is 17.0. The van der Waals surface area contributed by atoms with Crippen molar-refractivity contribution in [3.05, 3.63) is 66.0 Å². The lowest BCUT2D eigenvalue weighted by Crippen LogP contribution is -2.44. The Morgan fingerprint density at radius 2 is 1.79 bits per heavy atom. The Hall–Kier alpha value is -2.25. The summed E-state index contributed by atoms with van der Waals surface area (Å²) in [6.07, 6.45) is 0.346. The Kier molecular flexibility index (Phi) is 6.56. The number of aromatic nitrogens is 2. The van der Waals surface area contributed by atoms with E-state index in [-0.39, 0.29) is 6.04 Å². The van der Waals surface area contributed by atoms with E-state index in [2.05, 4.69) is 58.2 Å². The molecule has 0 saturated carbocycles. The molecule has 1 saturated heterocycles. The van der Waals surface area contributed by atoms with Crippen LogP contribution in [0.1, 0.15) is 17.4 Å². The average molecular weight is 395 g/mol. The molecule has 6 nitrogen and oxygen atoms in total. The Bertz CT molecular complexity index is 906. The number of β-amino-alcohol motifs (C(OH)–C–C–N with tert-alkyl or cyclic N) is 1. The molecule has 29 heavy (non-hydrogen) atoms. The molecule has 2 N–H and O–H groups in total. The summed E-state index contributed by atoms with van der Waals surface area (Å²) in [6, 6.07) is 18.7. The fourth-order valence-electron chi connectivity index (χ4n) is 3.98. The number of hydrogen-bond donors (Lipinski definition) is 2. The van der Waals surface area contributed by atoms with Crippen molar-refractivity contribution >= 4 is 11.0 Å². The number of rotatable bonds is 8. The molecular weight excluding hydrogens is 364 g/mol. The molecule has 2 heterocycles. The van der Waals surface area contributed by atoms with Crippen LogP contribution in [0.15, 0.2) is 54.6 Å². The van der Waals surface area contributed by atoms with Crippen LogP contribution in [0.5, 0.6) is 0 Å². The summed E-state index contributed by atoms with van der Waals surface area (Å²) in [5, 5.41) is 14.2. The van der Waals surface area contributed by atoms with Crippen LogP contribution < -0.4 is 5.32 Å². The molecule has 0 radical (unpaired) electrons. The number of nitrogens with one attached hydrogen (secondary N) is 1. The van der Waals surface area contributed by atoms with Gasteiger partial charge in [-0.3, -0.25) is 4.90 Å². The predicted octanol–water partition coefficient (Wildman–Crippen LogP) is 2.14. The van der Waals surface area contributed by atoms with Gasteiger partial charge in [-0.15, -0.1) is 0 Å². The molecule has 1 aromatic heterocycles. The van der Waals surface area contributed by atoms with Crippen molar-refractivity contribution in [2.45, 2.75) is 18.6 Å². The third-order valence-corrected chi connectivity index (χ3v) is 5.64. The number of aliphatic hydroxyl groups excluding tert-OH is 1. The maximum absolute atomic E-state index is 10.6. The zero-order chi connectivity index (χ0) is 20.1. The molecule has 1 aliphatic rings. The summed E-state index contributed by atoms with van der Waals surface area (Å²) in [6.45, 7) is 4.49. The van der Waals surface area contributed by atoms with E-state index in [0.717, 1.165) is 49.6 Å². The second-order valence-electron chi connectivity index (χ2n) is 7.72. The van der Waals surface area contributed by atoms with Crippen molar-refractivity contribution in [1.82, 2.24) is 19.8 Å². The van der Waals surface area contributed by atoms with E-state index < -0.39 is 6.10 Å². The molecule has 2 unspecified atom stereocenters. The molecule has 154 valence electrons. The Balaban J connectivity index is 1.45. The number of nitrogens with zero attached hydrogens (tertiary/aromatic N) is 3. The third-order valence-electron chi connectivity index (χ3n) is 5.64. The van der Waals surface area contributed by atoms with E-state index in [1.54, 1.807) is 0 Å².